The van der Waals surface area contributed by atoms with E-state index in [1.165, 1.54) is 5.69 Å². The number of aromatic nitrogens is 2. The third kappa shape index (κ3) is 4.45. The smallest absolute Gasteiger partial charge is 0.0556 e. The van der Waals surface area contributed by atoms with Crippen molar-refractivity contribution < 1.29 is 0 Å². The lowest BCUT2D eigenvalue weighted by molar-refractivity contribution is 0.298. The molecular formula is C15H29N3. The van der Waals surface area contributed by atoms with Crippen molar-refractivity contribution in [3.8, 4) is 0 Å². The molecule has 1 N–H and O–H groups in total. The molecule has 1 heterocycles. The Labute approximate surface area is 112 Å². The Balaban J connectivity index is 2.90. The number of hydrogen-bond acceptors (Lipinski definition) is 2. The van der Waals surface area contributed by atoms with Crippen molar-refractivity contribution in [1.29, 1.82) is 0 Å². The van der Waals surface area contributed by atoms with E-state index in [2.05, 4.69) is 62.7 Å². The molecule has 3 nitrogen and oxygen atoms in total. The van der Waals surface area contributed by atoms with Gasteiger partial charge in [-0.2, -0.15) is 5.10 Å². The van der Waals surface area contributed by atoms with Crippen LogP contribution in [0.5, 0.6) is 0 Å². The first kappa shape index (κ1) is 15.2. The average molecular weight is 251 g/mol. The Morgan fingerprint density at radius 3 is 2.50 bits per heavy atom. The summed E-state index contributed by atoms with van der Waals surface area (Å²) in [7, 11) is 0. The average Bonchev–Trinajstić information content (AvgIpc) is 2.71. The lowest BCUT2D eigenvalue weighted by Gasteiger charge is -2.28. The molecule has 0 aliphatic heterocycles. The van der Waals surface area contributed by atoms with Crippen LogP contribution in [0.15, 0.2) is 12.3 Å². The van der Waals surface area contributed by atoms with Crippen LogP contribution in [0.3, 0.4) is 0 Å². The van der Waals surface area contributed by atoms with E-state index in [0.717, 1.165) is 19.4 Å². The highest BCUT2D eigenvalue weighted by Gasteiger charge is 2.23. The Morgan fingerprint density at radius 1 is 1.33 bits per heavy atom. The minimum atomic E-state index is 0.317. The molecule has 0 spiro atoms. The van der Waals surface area contributed by atoms with Crippen LogP contribution >= 0.6 is 0 Å². The Hall–Kier alpha value is -0.830. The molecule has 18 heavy (non-hydrogen) atoms. The van der Waals surface area contributed by atoms with E-state index in [0.29, 0.717) is 17.5 Å². The minimum Gasteiger partial charge on any atom is -0.309 e. The molecule has 0 saturated carbocycles. The lowest BCUT2D eigenvalue weighted by Crippen LogP contribution is -2.29. The van der Waals surface area contributed by atoms with Crippen LogP contribution in [-0.2, 0) is 0 Å². The topological polar surface area (TPSA) is 29.9 Å². The largest absolute Gasteiger partial charge is 0.309 e. The van der Waals surface area contributed by atoms with E-state index >= 15 is 0 Å². The zero-order valence-electron chi connectivity index (χ0n) is 12.8. The Kier molecular flexibility index (Phi) is 5.39. The maximum atomic E-state index is 4.45. The summed E-state index contributed by atoms with van der Waals surface area (Å²) >= 11 is 0. The van der Waals surface area contributed by atoms with Gasteiger partial charge in [0, 0.05) is 18.3 Å². The molecule has 0 radical (unpaired) electrons. The molecule has 1 unspecified atom stereocenters. The van der Waals surface area contributed by atoms with Gasteiger partial charge in [0.15, 0.2) is 0 Å². The van der Waals surface area contributed by atoms with Crippen molar-refractivity contribution >= 4 is 0 Å². The lowest BCUT2D eigenvalue weighted by atomic mass is 9.87. The molecule has 0 saturated heterocycles. The molecule has 0 aliphatic rings. The summed E-state index contributed by atoms with van der Waals surface area (Å²) in [6, 6.07) is 2.97. The fraction of sp³-hybridized carbons (Fsp3) is 0.800. The monoisotopic (exact) mass is 251 g/mol. The number of nitrogens with one attached hydrogen (secondary N) is 1. The fourth-order valence-corrected chi connectivity index (χ4v) is 2.24. The molecule has 1 rings (SSSR count). The highest BCUT2D eigenvalue weighted by Crippen LogP contribution is 2.30. The molecule has 1 aromatic rings. The molecule has 0 aromatic carbocycles. The van der Waals surface area contributed by atoms with Crippen LogP contribution in [0.2, 0.25) is 0 Å². The Bertz CT molecular complexity index is 347. The van der Waals surface area contributed by atoms with Crippen molar-refractivity contribution in [3.63, 3.8) is 0 Å². The SMILES string of the molecule is CCCNC(CC(C)(C)C)c1ccnn1C(C)C. The number of nitrogens with zero attached hydrogens (tertiary/aromatic N) is 2. The molecule has 1 aromatic heterocycles. The molecule has 0 bridgehead atoms. The van der Waals surface area contributed by atoms with Gasteiger partial charge < -0.3 is 5.32 Å². The summed E-state index contributed by atoms with van der Waals surface area (Å²) in [5, 5.41) is 8.11. The van der Waals surface area contributed by atoms with E-state index in [9.17, 15) is 0 Å². The molecule has 0 aliphatic carbocycles. The van der Waals surface area contributed by atoms with Gasteiger partial charge in [0.2, 0.25) is 0 Å². The predicted molar refractivity (Wildman–Crippen MR) is 77.7 cm³/mol. The maximum absolute atomic E-state index is 4.45. The van der Waals surface area contributed by atoms with Crippen molar-refractivity contribution in [2.24, 2.45) is 5.41 Å². The van der Waals surface area contributed by atoms with Crippen LogP contribution in [0, 0.1) is 5.41 Å². The van der Waals surface area contributed by atoms with E-state index in [-0.39, 0.29) is 0 Å². The van der Waals surface area contributed by atoms with Gasteiger partial charge in [-0.05, 0) is 44.7 Å². The second kappa shape index (κ2) is 6.37. The third-order valence-electron chi connectivity index (χ3n) is 3.00. The van der Waals surface area contributed by atoms with E-state index < -0.39 is 0 Å². The summed E-state index contributed by atoms with van der Waals surface area (Å²) < 4.78 is 2.14. The summed E-state index contributed by atoms with van der Waals surface area (Å²) in [6.07, 6.45) is 4.21. The normalized spacial score (nSPS) is 14.2. The highest BCUT2D eigenvalue weighted by atomic mass is 15.3. The third-order valence-corrected chi connectivity index (χ3v) is 3.00. The zero-order valence-corrected chi connectivity index (χ0v) is 12.8. The second-order valence-electron chi connectivity index (χ2n) is 6.57. The standard InChI is InChI=1S/C15H29N3/c1-7-9-16-13(11-15(4,5)6)14-8-10-17-18(14)12(2)3/h8,10,12-13,16H,7,9,11H2,1-6H3. The van der Waals surface area contributed by atoms with E-state index in [4.69, 9.17) is 0 Å². The second-order valence-corrected chi connectivity index (χ2v) is 6.57. The van der Waals surface area contributed by atoms with Crippen LogP contribution in [-0.4, -0.2) is 16.3 Å². The first-order valence-electron chi connectivity index (χ1n) is 7.12. The van der Waals surface area contributed by atoms with Crippen molar-refractivity contribution in [2.45, 2.75) is 66.5 Å². The van der Waals surface area contributed by atoms with Crippen LogP contribution in [0.25, 0.3) is 0 Å². The summed E-state index contributed by atoms with van der Waals surface area (Å²) in [5.41, 5.74) is 1.63. The fourth-order valence-electron chi connectivity index (χ4n) is 2.24. The summed E-state index contributed by atoms with van der Waals surface area (Å²) in [6.45, 7) is 14.5. The minimum absolute atomic E-state index is 0.317. The summed E-state index contributed by atoms with van der Waals surface area (Å²) in [4.78, 5) is 0. The van der Waals surface area contributed by atoms with Gasteiger partial charge in [-0.1, -0.05) is 27.7 Å². The predicted octanol–water partition coefficient (Wildman–Crippen LogP) is 3.94. The van der Waals surface area contributed by atoms with Crippen LogP contribution < -0.4 is 5.32 Å². The van der Waals surface area contributed by atoms with Gasteiger partial charge in [-0.15, -0.1) is 0 Å². The van der Waals surface area contributed by atoms with E-state index in [1.807, 2.05) is 6.20 Å². The van der Waals surface area contributed by atoms with Gasteiger partial charge in [0.1, 0.15) is 0 Å². The number of hydrogen-bond donors (Lipinski definition) is 1. The molecule has 104 valence electrons. The van der Waals surface area contributed by atoms with Crippen LogP contribution in [0.4, 0.5) is 0 Å². The zero-order chi connectivity index (χ0) is 13.8. The first-order chi connectivity index (χ1) is 8.35. The molecule has 1 atom stereocenters. The van der Waals surface area contributed by atoms with Gasteiger partial charge >= 0.3 is 0 Å². The number of rotatable bonds is 6. The van der Waals surface area contributed by atoms with Gasteiger partial charge in [-0.25, -0.2) is 0 Å². The Morgan fingerprint density at radius 2 is 2.00 bits per heavy atom. The highest BCUT2D eigenvalue weighted by molar-refractivity contribution is 5.08. The first-order valence-corrected chi connectivity index (χ1v) is 7.12. The van der Waals surface area contributed by atoms with E-state index in [1.54, 1.807) is 0 Å². The van der Waals surface area contributed by atoms with Gasteiger partial charge in [0.25, 0.3) is 0 Å². The van der Waals surface area contributed by atoms with Gasteiger partial charge in [-0.3, -0.25) is 4.68 Å². The van der Waals surface area contributed by atoms with Crippen molar-refractivity contribution in [2.75, 3.05) is 6.54 Å². The van der Waals surface area contributed by atoms with Crippen LogP contribution in [0.1, 0.15) is 72.2 Å². The molecular weight excluding hydrogens is 222 g/mol. The molecule has 0 amide bonds. The molecule has 0 fully saturated rings. The maximum Gasteiger partial charge on any atom is 0.0556 e. The van der Waals surface area contributed by atoms with Crippen molar-refractivity contribution in [1.82, 2.24) is 15.1 Å². The van der Waals surface area contributed by atoms with Crippen molar-refractivity contribution in [3.05, 3.63) is 18.0 Å². The molecule has 3 heteroatoms. The quantitative estimate of drug-likeness (QED) is 0.830. The van der Waals surface area contributed by atoms with Gasteiger partial charge in [0.05, 0.1) is 5.69 Å². The summed E-state index contributed by atoms with van der Waals surface area (Å²) in [5.74, 6) is 0.